The number of nitrogens with zero attached hydrogens (tertiary/aromatic N) is 2. The maximum atomic E-state index is 2.54. The van der Waals surface area contributed by atoms with Crippen LogP contribution in [-0.2, 0) is 0 Å². The van der Waals surface area contributed by atoms with Gasteiger partial charge >= 0.3 is 0 Å². The van der Waals surface area contributed by atoms with Crippen molar-refractivity contribution in [2.45, 2.75) is 18.9 Å². The van der Waals surface area contributed by atoms with Gasteiger partial charge in [0, 0.05) is 42.0 Å². The third kappa shape index (κ3) is 1.55. The van der Waals surface area contributed by atoms with Crippen molar-refractivity contribution in [3.63, 3.8) is 0 Å². The number of hydrogen-bond acceptors (Lipinski definition) is 2. The Kier molecular flexibility index (Phi) is 2.39. The first kappa shape index (κ1) is 8.26. The second-order valence-electron chi connectivity index (χ2n) is 3.75. The molecule has 2 fully saturated rings. The van der Waals surface area contributed by atoms with Crippen molar-refractivity contribution in [1.82, 2.24) is 8.01 Å². The molecule has 2 aliphatic heterocycles. The molecule has 0 aromatic carbocycles. The summed E-state index contributed by atoms with van der Waals surface area (Å²) in [6.45, 7) is 3.92. The van der Waals surface area contributed by atoms with Crippen LogP contribution in [0.25, 0.3) is 0 Å². The average Bonchev–Trinajstić information content (AvgIpc) is 2.32. The fourth-order valence-electron chi connectivity index (χ4n) is 2.37. The van der Waals surface area contributed by atoms with Gasteiger partial charge in [0.05, 0.1) is 0 Å². The van der Waals surface area contributed by atoms with Crippen molar-refractivity contribution < 1.29 is 0 Å². The van der Waals surface area contributed by atoms with Gasteiger partial charge in [0.2, 0.25) is 0 Å². The zero-order chi connectivity index (χ0) is 7.84. The number of fused-ring (bicyclic) bond motifs is 1. The second kappa shape index (κ2) is 3.18. The summed E-state index contributed by atoms with van der Waals surface area (Å²) in [4.78, 5) is 2.54. The molecule has 2 aliphatic rings. The molecule has 2 atom stereocenters. The number of piperidine rings is 1. The lowest BCUT2D eigenvalue weighted by atomic mass is 9.94. The standard InChI is InChI=1S/C8H15IN2/c1-10-4-2-7-6-11(9)5-3-8(7)10/h7-8H,2-6H2,1H3. The Bertz CT molecular complexity index is 151. The topological polar surface area (TPSA) is 6.48 Å². The average molecular weight is 266 g/mol. The Morgan fingerprint density at radius 2 is 2.09 bits per heavy atom. The summed E-state index contributed by atoms with van der Waals surface area (Å²) in [5.41, 5.74) is 0. The molecule has 2 rings (SSSR count). The summed E-state index contributed by atoms with van der Waals surface area (Å²) in [6, 6.07) is 0.904. The molecule has 64 valence electrons. The van der Waals surface area contributed by atoms with Crippen molar-refractivity contribution in [3.8, 4) is 0 Å². The van der Waals surface area contributed by atoms with Crippen molar-refractivity contribution in [2.24, 2.45) is 5.92 Å². The molecular weight excluding hydrogens is 251 g/mol. The molecule has 2 unspecified atom stereocenters. The number of halogens is 1. The monoisotopic (exact) mass is 266 g/mol. The Hall–Kier alpha value is 0.650. The molecule has 0 radical (unpaired) electrons. The largest absolute Gasteiger partial charge is 0.303 e. The van der Waals surface area contributed by atoms with Crippen molar-refractivity contribution in [3.05, 3.63) is 0 Å². The van der Waals surface area contributed by atoms with Crippen LogP contribution in [0.2, 0.25) is 0 Å². The fraction of sp³-hybridized carbons (Fsp3) is 1.00. The van der Waals surface area contributed by atoms with Crippen LogP contribution >= 0.6 is 22.9 Å². The molecule has 0 aliphatic carbocycles. The van der Waals surface area contributed by atoms with Crippen LogP contribution in [0, 0.1) is 5.92 Å². The van der Waals surface area contributed by atoms with Crippen molar-refractivity contribution >= 4 is 22.9 Å². The minimum absolute atomic E-state index is 0.904. The molecule has 3 heteroatoms. The van der Waals surface area contributed by atoms with Crippen LogP contribution in [0.5, 0.6) is 0 Å². The van der Waals surface area contributed by atoms with E-state index in [0.29, 0.717) is 0 Å². The quantitative estimate of drug-likeness (QED) is 0.482. The maximum Gasteiger partial charge on any atom is 0.0201 e. The van der Waals surface area contributed by atoms with Crippen LogP contribution in [0.15, 0.2) is 0 Å². The first-order chi connectivity index (χ1) is 5.27. The summed E-state index contributed by atoms with van der Waals surface area (Å²) in [5, 5.41) is 0. The minimum atomic E-state index is 0.904. The third-order valence-electron chi connectivity index (χ3n) is 3.06. The molecule has 0 amide bonds. The summed E-state index contributed by atoms with van der Waals surface area (Å²) in [5.74, 6) is 0.964. The van der Waals surface area contributed by atoms with Gasteiger partial charge in [-0.3, -0.25) is 0 Å². The summed E-state index contributed by atoms with van der Waals surface area (Å²) >= 11 is 2.45. The highest BCUT2D eigenvalue weighted by Crippen LogP contribution is 2.31. The van der Waals surface area contributed by atoms with E-state index >= 15 is 0 Å². The Morgan fingerprint density at radius 1 is 1.27 bits per heavy atom. The van der Waals surface area contributed by atoms with Gasteiger partial charge in [-0.1, -0.05) is 0 Å². The smallest absolute Gasteiger partial charge is 0.0201 e. The summed E-state index contributed by atoms with van der Waals surface area (Å²) in [6.07, 6.45) is 2.80. The van der Waals surface area contributed by atoms with Gasteiger partial charge in [0.15, 0.2) is 0 Å². The van der Waals surface area contributed by atoms with Crippen molar-refractivity contribution in [1.29, 1.82) is 0 Å². The zero-order valence-electron chi connectivity index (χ0n) is 6.96. The van der Waals surface area contributed by atoms with Gasteiger partial charge in [-0.25, -0.2) is 3.11 Å². The lowest BCUT2D eigenvalue weighted by Gasteiger charge is -2.33. The maximum absolute atomic E-state index is 2.54. The molecule has 0 N–H and O–H groups in total. The summed E-state index contributed by atoms with van der Waals surface area (Å²) < 4.78 is 2.44. The van der Waals surface area contributed by atoms with E-state index in [-0.39, 0.29) is 0 Å². The molecule has 11 heavy (non-hydrogen) atoms. The van der Waals surface area contributed by atoms with Crippen molar-refractivity contribution in [2.75, 3.05) is 26.7 Å². The van der Waals surface area contributed by atoms with E-state index in [1.54, 1.807) is 0 Å². The van der Waals surface area contributed by atoms with Crippen LogP contribution in [0.1, 0.15) is 12.8 Å². The zero-order valence-corrected chi connectivity index (χ0v) is 9.12. The SMILES string of the molecule is CN1CCC2CN(I)CCC21. The first-order valence-corrected chi connectivity index (χ1v) is 5.35. The number of rotatable bonds is 0. The molecule has 0 aromatic rings. The number of likely N-dealkylation sites (tertiary alicyclic amines) is 1. The van der Waals surface area contributed by atoms with E-state index in [1.807, 2.05) is 0 Å². The molecule has 0 bridgehead atoms. The van der Waals surface area contributed by atoms with E-state index in [4.69, 9.17) is 0 Å². The van der Waals surface area contributed by atoms with Gasteiger partial charge in [0.1, 0.15) is 0 Å². The Balaban J connectivity index is 2.00. The van der Waals surface area contributed by atoms with E-state index in [9.17, 15) is 0 Å². The van der Waals surface area contributed by atoms with Crippen LogP contribution in [-0.4, -0.2) is 40.7 Å². The highest BCUT2D eigenvalue weighted by molar-refractivity contribution is 14.1. The highest BCUT2D eigenvalue weighted by atomic mass is 127. The van der Waals surface area contributed by atoms with Crippen LogP contribution in [0.4, 0.5) is 0 Å². The van der Waals surface area contributed by atoms with E-state index in [0.717, 1.165) is 12.0 Å². The van der Waals surface area contributed by atoms with Gasteiger partial charge in [-0.2, -0.15) is 0 Å². The molecule has 0 aromatic heterocycles. The second-order valence-corrected chi connectivity index (χ2v) is 5.12. The molecule has 0 saturated carbocycles. The highest BCUT2D eigenvalue weighted by Gasteiger charge is 2.35. The Morgan fingerprint density at radius 3 is 2.91 bits per heavy atom. The predicted molar refractivity (Wildman–Crippen MR) is 54.7 cm³/mol. The van der Waals surface area contributed by atoms with Gasteiger partial charge in [-0.05, 0) is 32.4 Å². The van der Waals surface area contributed by atoms with Gasteiger partial charge < -0.3 is 4.90 Å². The van der Waals surface area contributed by atoms with Crippen LogP contribution in [0.3, 0.4) is 0 Å². The first-order valence-electron chi connectivity index (χ1n) is 4.38. The minimum Gasteiger partial charge on any atom is -0.303 e. The predicted octanol–water partition coefficient (Wildman–Crippen LogP) is 1.36. The normalized spacial score (nSPS) is 40.9. The van der Waals surface area contributed by atoms with Gasteiger partial charge in [-0.15, -0.1) is 0 Å². The van der Waals surface area contributed by atoms with E-state index in [1.165, 1.54) is 32.5 Å². The fourth-order valence-corrected chi connectivity index (χ4v) is 3.16. The van der Waals surface area contributed by atoms with Gasteiger partial charge in [0.25, 0.3) is 0 Å². The van der Waals surface area contributed by atoms with Crippen LogP contribution < -0.4 is 0 Å². The number of hydrogen-bond donors (Lipinski definition) is 0. The van der Waals surface area contributed by atoms with E-state index in [2.05, 4.69) is 37.9 Å². The molecule has 0 spiro atoms. The lowest BCUT2D eigenvalue weighted by molar-refractivity contribution is 0.194. The summed E-state index contributed by atoms with van der Waals surface area (Å²) in [7, 11) is 2.27. The Labute approximate surface area is 82.4 Å². The molecule has 2 nitrogen and oxygen atoms in total. The third-order valence-corrected chi connectivity index (χ3v) is 3.94. The molecular formula is C8H15IN2. The molecule has 2 saturated heterocycles. The van der Waals surface area contributed by atoms with E-state index < -0.39 is 0 Å². The lowest BCUT2D eigenvalue weighted by Crippen LogP contribution is -2.40. The molecule has 2 heterocycles.